The van der Waals surface area contributed by atoms with Gasteiger partial charge in [-0.1, -0.05) is 48.0 Å². The van der Waals surface area contributed by atoms with E-state index in [4.69, 9.17) is 22.4 Å². The van der Waals surface area contributed by atoms with Gasteiger partial charge in [0.15, 0.2) is 6.23 Å². The second-order valence-electron chi connectivity index (χ2n) is 5.00. The first-order valence-electron chi connectivity index (χ1n) is 7.05. The van der Waals surface area contributed by atoms with Crippen molar-refractivity contribution >= 4 is 17.5 Å². The van der Waals surface area contributed by atoms with Crippen molar-refractivity contribution in [3.63, 3.8) is 0 Å². The van der Waals surface area contributed by atoms with E-state index >= 15 is 0 Å². The lowest BCUT2D eigenvalue weighted by atomic mass is 10.1. The summed E-state index contributed by atoms with van der Waals surface area (Å²) in [6.45, 7) is 0. The molecule has 0 radical (unpaired) electrons. The van der Waals surface area contributed by atoms with Gasteiger partial charge in [-0.15, -0.1) is 4.99 Å². The summed E-state index contributed by atoms with van der Waals surface area (Å²) in [5, 5.41) is 1.95. The van der Waals surface area contributed by atoms with E-state index in [2.05, 4.69) is 10.3 Å². The van der Waals surface area contributed by atoms with Gasteiger partial charge >= 0.3 is 6.18 Å². The summed E-state index contributed by atoms with van der Waals surface area (Å²) in [5.41, 5.74) is -1.10. The first-order chi connectivity index (χ1) is 11.8. The van der Waals surface area contributed by atoms with Crippen molar-refractivity contribution < 1.29 is 27.8 Å². The van der Waals surface area contributed by atoms with E-state index in [1.807, 2.05) is 0 Å². The molecule has 2 rings (SSSR count). The maximum Gasteiger partial charge on any atom is 0.417 e. The molecule has 0 spiro atoms. The Morgan fingerprint density at radius 3 is 2.44 bits per heavy atom. The lowest BCUT2D eigenvalue weighted by Gasteiger charge is -2.19. The molecular formula is C16H14ClF3N2O3. The van der Waals surface area contributed by atoms with Gasteiger partial charge in [-0.05, 0) is 17.7 Å². The van der Waals surface area contributed by atoms with Gasteiger partial charge in [0.05, 0.1) is 16.1 Å². The molecule has 9 heteroatoms. The Morgan fingerprint density at radius 1 is 1.16 bits per heavy atom. The average molecular weight is 375 g/mol. The fourth-order valence-electron chi connectivity index (χ4n) is 2.21. The molecule has 0 aromatic heterocycles. The molecule has 1 amide bonds. The summed E-state index contributed by atoms with van der Waals surface area (Å²) < 4.78 is 39.3. The van der Waals surface area contributed by atoms with Crippen LogP contribution in [0.4, 0.5) is 13.2 Å². The summed E-state index contributed by atoms with van der Waals surface area (Å²) >= 11 is 5.79. The van der Waals surface area contributed by atoms with Crippen molar-refractivity contribution in [3.8, 4) is 0 Å². The minimum atomic E-state index is -4.74. The molecule has 0 aliphatic carbocycles. The highest BCUT2D eigenvalue weighted by Gasteiger charge is 2.36. The predicted molar refractivity (Wildman–Crippen MR) is 84.2 cm³/mol. The van der Waals surface area contributed by atoms with Crippen LogP contribution in [0.25, 0.3) is 0 Å². The number of nitrogens with one attached hydrogen (secondary N) is 1. The smallest absolute Gasteiger partial charge is 0.324 e. The number of alkyl halides is 3. The van der Waals surface area contributed by atoms with Crippen molar-refractivity contribution in [1.82, 2.24) is 5.32 Å². The van der Waals surface area contributed by atoms with Gasteiger partial charge in [0.2, 0.25) is 0 Å². The molecule has 5 nitrogen and oxygen atoms in total. The van der Waals surface area contributed by atoms with E-state index in [1.54, 1.807) is 30.3 Å². The zero-order valence-corrected chi connectivity index (χ0v) is 13.5. The number of hydrogen-bond donors (Lipinski definition) is 2. The zero-order chi connectivity index (χ0) is 18.4. The number of rotatable bonds is 6. The molecule has 0 aliphatic rings. The van der Waals surface area contributed by atoms with Crippen molar-refractivity contribution in [2.45, 2.75) is 18.8 Å². The van der Waals surface area contributed by atoms with Crippen LogP contribution in [0.3, 0.4) is 0 Å². The molecule has 0 bridgehead atoms. The van der Waals surface area contributed by atoms with Gasteiger partial charge in [-0.25, -0.2) is 0 Å². The maximum absolute atomic E-state index is 13.1. The molecule has 0 saturated heterocycles. The number of amides is 1. The topological polar surface area (TPSA) is 73.6 Å². The second-order valence-corrected chi connectivity index (χ2v) is 5.41. The largest absolute Gasteiger partial charge is 0.417 e. The Kier molecular flexibility index (Phi) is 6.38. The number of nitrogens with two attached hydrogens (primary N) is 1. The minimum absolute atomic E-state index is 0.121. The first-order valence-corrected chi connectivity index (χ1v) is 7.43. The number of hydrogen-bond acceptors (Lipinski definition) is 4. The van der Waals surface area contributed by atoms with E-state index in [0.29, 0.717) is 0 Å². The SMILES string of the molecule is NOO[C@@H](Cc1ccccc1)NC(=O)c1c(Cl)cccc1C(F)(F)F. The number of benzene rings is 2. The van der Waals surface area contributed by atoms with E-state index < -0.39 is 29.4 Å². The van der Waals surface area contributed by atoms with Crippen LogP contribution in [-0.4, -0.2) is 12.1 Å². The van der Waals surface area contributed by atoms with E-state index in [1.165, 1.54) is 6.07 Å². The van der Waals surface area contributed by atoms with Gasteiger partial charge in [0.25, 0.3) is 5.91 Å². The van der Waals surface area contributed by atoms with E-state index in [9.17, 15) is 18.0 Å². The van der Waals surface area contributed by atoms with E-state index in [-0.39, 0.29) is 11.4 Å². The summed E-state index contributed by atoms with van der Waals surface area (Å²) in [6.07, 6.45) is -5.73. The van der Waals surface area contributed by atoms with Gasteiger partial charge in [0.1, 0.15) is 0 Å². The highest BCUT2D eigenvalue weighted by Crippen LogP contribution is 2.35. The van der Waals surface area contributed by atoms with Crippen LogP contribution in [0, 0.1) is 0 Å². The molecular weight excluding hydrogens is 361 g/mol. The monoisotopic (exact) mass is 374 g/mol. The van der Waals surface area contributed by atoms with Crippen LogP contribution in [0.5, 0.6) is 0 Å². The van der Waals surface area contributed by atoms with Crippen LogP contribution >= 0.6 is 11.6 Å². The summed E-state index contributed by atoms with van der Waals surface area (Å²) in [4.78, 5) is 21.1. The van der Waals surface area contributed by atoms with Crippen molar-refractivity contribution in [1.29, 1.82) is 0 Å². The molecule has 2 aromatic carbocycles. The fourth-order valence-corrected chi connectivity index (χ4v) is 2.47. The fraction of sp³-hybridized carbons (Fsp3) is 0.188. The van der Waals surface area contributed by atoms with Crippen LogP contribution in [0.15, 0.2) is 48.5 Å². The third-order valence-corrected chi connectivity index (χ3v) is 3.59. The Balaban J connectivity index is 2.24. The first kappa shape index (κ1) is 19.2. The molecule has 134 valence electrons. The quantitative estimate of drug-likeness (QED) is 0.461. The zero-order valence-electron chi connectivity index (χ0n) is 12.7. The second kappa shape index (κ2) is 8.30. The minimum Gasteiger partial charge on any atom is -0.324 e. The predicted octanol–water partition coefficient (Wildman–Crippen LogP) is 3.48. The highest BCUT2D eigenvalue weighted by atomic mass is 35.5. The maximum atomic E-state index is 13.1. The molecule has 0 fully saturated rings. The Hall–Kier alpha value is -2.13. The van der Waals surface area contributed by atoms with Crippen molar-refractivity contribution in [2.24, 2.45) is 5.90 Å². The number of carbonyl (C=O) groups is 1. The Labute approximate surface area is 146 Å². The Bertz CT molecular complexity index is 726. The molecule has 25 heavy (non-hydrogen) atoms. The molecule has 0 saturated carbocycles. The van der Waals surface area contributed by atoms with Gasteiger partial charge in [-0.3, -0.25) is 4.79 Å². The van der Waals surface area contributed by atoms with Crippen LogP contribution in [0.1, 0.15) is 21.5 Å². The normalized spacial score (nSPS) is 12.7. The molecule has 3 N–H and O–H groups in total. The van der Waals surface area contributed by atoms with Gasteiger partial charge in [0, 0.05) is 6.42 Å². The summed E-state index contributed by atoms with van der Waals surface area (Å²) in [6, 6.07) is 11.9. The number of halogens is 4. The van der Waals surface area contributed by atoms with Crippen LogP contribution < -0.4 is 11.2 Å². The number of carbonyl (C=O) groups excluding carboxylic acids is 1. The molecule has 2 aromatic rings. The highest BCUT2D eigenvalue weighted by molar-refractivity contribution is 6.34. The Morgan fingerprint density at radius 2 is 1.84 bits per heavy atom. The van der Waals surface area contributed by atoms with E-state index in [0.717, 1.165) is 17.7 Å². The lowest BCUT2D eigenvalue weighted by Crippen LogP contribution is -2.40. The molecule has 0 unspecified atom stereocenters. The van der Waals surface area contributed by atoms with Crippen molar-refractivity contribution in [3.05, 3.63) is 70.2 Å². The third kappa shape index (κ3) is 5.17. The molecule has 0 aliphatic heterocycles. The summed E-state index contributed by atoms with van der Waals surface area (Å²) in [5.74, 6) is 3.79. The van der Waals surface area contributed by atoms with Gasteiger partial charge in [-0.2, -0.15) is 24.0 Å². The molecule has 1 atom stereocenters. The standard InChI is InChI=1S/C16H14ClF3N2O3/c17-12-8-4-7-11(16(18,19)20)14(12)15(23)22-13(24-25-21)9-10-5-2-1-3-6-10/h1-8,13H,9,21H2,(H,22,23)/t13-/m0/s1. The van der Waals surface area contributed by atoms with Crippen LogP contribution in [-0.2, 0) is 22.5 Å². The van der Waals surface area contributed by atoms with Gasteiger partial charge < -0.3 is 5.32 Å². The van der Waals surface area contributed by atoms with Crippen LogP contribution in [0.2, 0.25) is 5.02 Å². The summed E-state index contributed by atoms with van der Waals surface area (Å²) in [7, 11) is 0. The average Bonchev–Trinajstić information content (AvgIpc) is 2.54. The van der Waals surface area contributed by atoms with Crippen molar-refractivity contribution in [2.75, 3.05) is 0 Å². The lowest BCUT2D eigenvalue weighted by molar-refractivity contribution is -0.332. The molecule has 0 heterocycles. The third-order valence-electron chi connectivity index (χ3n) is 3.27.